The number of nitro groups is 1. The minimum absolute atomic E-state index is 0.0931. The highest BCUT2D eigenvalue weighted by atomic mass is 79.9. The fourth-order valence-electron chi connectivity index (χ4n) is 2.22. The second-order valence-electron chi connectivity index (χ2n) is 5.02. The van der Waals surface area contributed by atoms with E-state index in [1.54, 1.807) is 6.07 Å². The largest absolute Gasteiger partial charge is 0.463 e. The molecule has 116 valence electrons. The Kier molecular flexibility index (Phi) is 3.87. The molecular weight excluding hydrogens is 364 g/mol. The van der Waals surface area contributed by atoms with Crippen molar-refractivity contribution >= 4 is 44.2 Å². The predicted octanol–water partition coefficient (Wildman–Crippen LogP) is 4.66. The number of hydrogen-bond acceptors (Lipinski definition) is 4. The first-order valence-electron chi connectivity index (χ1n) is 6.69. The van der Waals surface area contributed by atoms with E-state index >= 15 is 0 Å². The van der Waals surface area contributed by atoms with Crippen LogP contribution in [0.4, 0.5) is 11.4 Å². The summed E-state index contributed by atoms with van der Waals surface area (Å²) in [5.41, 5.74) is 2.24. The summed E-state index contributed by atoms with van der Waals surface area (Å²) in [4.78, 5) is 22.8. The number of halogens is 1. The Labute approximate surface area is 139 Å². The number of nitrogens with zero attached hydrogens (tertiary/aromatic N) is 1. The normalized spacial score (nSPS) is 10.7. The van der Waals surface area contributed by atoms with Crippen molar-refractivity contribution in [2.75, 3.05) is 5.32 Å². The summed E-state index contributed by atoms with van der Waals surface area (Å²) in [5.74, 6) is -0.395. The minimum atomic E-state index is -0.509. The Morgan fingerprint density at radius 2 is 2.04 bits per heavy atom. The second kappa shape index (κ2) is 5.85. The number of anilines is 1. The quantitative estimate of drug-likeness (QED) is 0.533. The van der Waals surface area contributed by atoms with Gasteiger partial charge in [0.05, 0.1) is 16.2 Å². The van der Waals surface area contributed by atoms with E-state index < -0.39 is 10.8 Å². The first-order chi connectivity index (χ1) is 11.0. The molecule has 2 aromatic carbocycles. The number of nitro benzene ring substituents is 1. The summed E-state index contributed by atoms with van der Waals surface area (Å²) in [6, 6.07) is 9.68. The van der Waals surface area contributed by atoms with Crippen molar-refractivity contribution in [2.24, 2.45) is 0 Å². The molecule has 0 atom stereocenters. The summed E-state index contributed by atoms with van der Waals surface area (Å²) >= 11 is 3.39. The topological polar surface area (TPSA) is 85.4 Å². The number of carbonyl (C=O) groups excluding carboxylic acids is 1. The average molecular weight is 375 g/mol. The van der Waals surface area contributed by atoms with E-state index in [-0.39, 0.29) is 11.3 Å². The van der Waals surface area contributed by atoms with Crippen LogP contribution in [0, 0.1) is 17.0 Å². The molecule has 0 aliphatic carbocycles. The van der Waals surface area contributed by atoms with Crippen molar-refractivity contribution < 1.29 is 14.1 Å². The van der Waals surface area contributed by atoms with Crippen LogP contribution in [0.2, 0.25) is 0 Å². The van der Waals surface area contributed by atoms with E-state index in [2.05, 4.69) is 21.2 Å². The van der Waals surface area contributed by atoms with E-state index in [0.717, 1.165) is 10.0 Å². The van der Waals surface area contributed by atoms with Crippen molar-refractivity contribution in [1.29, 1.82) is 0 Å². The second-order valence-corrected chi connectivity index (χ2v) is 5.88. The van der Waals surface area contributed by atoms with Crippen molar-refractivity contribution in [1.82, 2.24) is 0 Å². The highest BCUT2D eigenvalue weighted by Crippen LogP contribution is 2.28. The highest BCUT2D eigenvalue weighted by molar-refractivity contribution is 9.10. The first kappa shape index (κ1) is 15.2. The SMILES string of the molecule is Cc1ccc(NC(=O)c2coc3ccc([N+](=O)[O-])cc23)c(Br)c1. The Morgan fingerprint density at radius 1 is 1.26 bits per heavy atom. The number of nitrogens with one attached hydrogen (secondary N) is 1. The third-order valence-electron chi connectivity index (χ3n) is 3.39. The van der Waals surface area contributed by atoms with Gasteiger partial charge in [-0.1, -0.05) is 6.07 Å². The van der Waals surface area contributed by atoms with E-state index in [4.69, 9.17) is 4.42 Å². The summed E-state index contributed by atoms with van der Waals surface area (Å²) in [5, 5.41) is 14.1. The molecule has 23 heavy (non-hydrogen) atoms. The zero-order valence-corrected chi connectivity index (χ0v) is 13.6. The third-order valence-corrected chi connectivity index (χ3v) is 4.04. The van der Waals surface area contributed by atoms with Crippen LogP contribution in [0.25, 0.3) is 11.0 Å². The molecule has 0 spiro atoms. The maximum atomic E-state index is 12.4. The number of fused-ring (bicyclic) bond motifs is 1. The maximum absolute atomic E-state index is 12.4. The predicted molar refractivity (Wildman–Crippen MR) is 89.7 cm³/mol. The minimum Gasteiger partial charge on any atom is -0.463 e. The van der Waals surface area contributed by atoms with Crippen LogP contribution in [0.15, 0.2) is 51.6 Å². The Hall–Kier alpha value is -2.67. The monoisotopic (exact) mass is 374 g/mol. The van der Waals surface area contributed by atoms with Gasteiger partial charge in [0.15, 0.2) is 0 Å². The third kappa shape index (κ3) is 2.95. The molecule has 0 saturated carbocycles. The summed E-state index contributed by atoms with van der Waals surface area (Å²) in [6.45, 7) is 1.94. The number of furan rings is 1. The molecule has 0 fully saturated rings. The lowest BCUT2D eigenvalue weighted by Gasteiger charge is -2.07. The molecule has 1 heterocycles. The van der Waals surface area contributed by atoms with Gasteiger partial charge in [0.1, 0.15) is 11.8 Å². The van der Waals surface area contributed by atoms with Gasteiger partial charge in [0.2, 0.25) is 0 Å². The van der Waals surface area contributed by atoms with E-state index in [1.807, 2.05) is 19.1 Å². The first-order valence-corrected chi connectivity index (χ1v) is 7.48. The average Bonchev–Trinajstić information content (AvgIpc) is 2.93. The molecule has 1 N–H and O–H groups in total. The fourth-order valence-corrected chi connectivity index (χ4v) is 2.81. The van der Waals surface area contributed by atoms with Crippen molar-refractivity contribution in [2.45, 2.75) is 6.92 Å². The maximum Gasteiger partial charge on any atom is 0.270 e. The molecule has 0 aliphatic heterocycles. The van der Waals surface area contributed by atoms with Gasteiger partial charge in [0.25, 0.3) is 11.6 Å². The summed E-state index contributed by atoms with van der Waals surface area (Å²) < 4.78 is 6.05. The molecule has 0 unspecified atom stereocenters. The molecule has 0 aliphatic rings. The molecule has 1 amide bonds. The summed E-state index contributed by atoms with van der Waals surface area (Å²) in [6.07, 6.45) is 1.30. The smallest absolute Gasteiger partial charge is 0.270 e. The highest BCUT2D eigenvalue weighted by Gasteiger charge is 2.17. The number of carbonyl (C=O) groups is 1. The van der Waals surface area contributed by atoms with Crippen LogP contribution in [0.3, 0.4) is 0 Å². The van der Waals surface area contributed by atoms with E-state index in [9.17, 15) is 14.9 Å². The lowest BCUT2D eigenvalue weighted by molar-refractivity contribution is -0.384. The van der Waals surface area contributed by atoms with Crippen LogP contribution in [-0.2, 0) is 0 Å². The van der Waals surface area contributed by atoms with Crippen molar-refractivity contribution in [3.8, 4) is 0 Å². The van der Waals surface area contributed by atoms with E-state index in [0.29, 0.717) is 16.7 Å². The van der Waals surface area contributed by atoms with Gasteiger partial charge in [-0.3, -0.25) is 14.9 Å². The van der Waals surface area contributed by atoms with Gasteiger partial charge in [-0.2, -0.15) is 0 Å². The van der Waals surface area contributed by atoms with Crippen LogP contribution in [0.5, 0.6) is 0 Å². The van der Waals surface area contributed by atoms with Crippen molar-refractivity contribution in [3.63, 3.8) is 0 Å². The number of non-ortho nitro benzene ring substituents is 1. The molecule has 1 aromatic heterocycles. The van der Waals surface area contributed by atoms with Gasteiger partial charge in [0, 0.05) is 22.0 Å². The standard InChI is InChI=1S/C16H11BrN2O4/c1-9-2-4-14(13(17)6-9)18-16(20)12-8-23-15-5-3-10(19(21)22)7-11(12)15/h2-8H,1H3,(H,18,20). The van der Waals surface area contributed by atoms with Crippen LogP contribution >= 0.6 is 15.9 Å². The summed E-state index contributed by atoms with van der Waals surface area (Å²) in [7, 11) is 0. The lowest BCUT2D eigenvalue weighted by Crippen LogP contribution is -2.11. The number of aryl methyl sites for hydroxylation is 1. The molecule has 3 rings (SSSR count). The Balaban J connectivity index is 1.97. The number of rotatable bonds is 3. The number of amides is 1. The molecule has 3 aromatic rings. The fraction of sp³-hybridized carbons (Fsp3) is 0.0625. The van der Waals surface area contributed by atoms with Gasteiger partial charge in [-0.25, -0.2) is 0 Å². The van der Waals surface area contributed by atoms with E-state index in [1.165, 1.54) is 24.5 Å². The lowest BCUT2D eigenvalue weighted by atomic mass is 10.1. The van der Waals surface area contributed by atoms with Crippen molar-refractivity contribution in [3.05, 3.63) is 68.4 Å². The molecule has 0 radical (unpaired) electrons. The zero-order valence-electron chi connectivity index (χ0n) is 12.0. The zero-order chi connectivity index (χ0) is 16.6. The van der Waals surface area contributed by atoms with Gasteiger partial charge < -0.3 is 9.73 Å². The molecule has 6 nitrogen and oxygen atoms in total. The van der Waals surface area contributed by atoms with Gasteiger partial charge in [-0.15, -0.1) is 0 Å². The Bertz CT molecular complexity index is 933. The molecule has 0 saturated heterocycles. The van der Waals surface area contributed by atoms with Crippen LogP contribution in [-0.4, -0.2) is 10.8 Å². The van der Waals surface area contributed by atoms with Crippen LogP contribution < -0.4 is 5.32 Å². The van der Waals surface area contributed by atoms with Gasteiger partial charge in [-0.05, 0) is 46.6 Å². The molecule has 0 bridgehead atoms. The van der Waals surface area contributed by atoms with Crippen LogP contribution in [0.1, 0.15) is 15.9 Å². The molecule has 7 heteroatoms. The molecular formula is C16H11BrN2O4. The van der Waals surface area contributed by atoms with Gasteiger partial charge >= 0.3 is 0 Å². The Morgan fingerprint density at radius 3 is 2.74 bits per heavy atom. The number of benzene rings is 2. The number of hydrogen-bond donors (Lipinski definition) is 1.